The zero-order chi connectivity index (χ0) is 15.8. The smallest absolute Gasteiger partial charge is 0.255 e. The van der Waals surface area contributed by atoms with Gasteiger partial charge in [0.25, 0.3) is 3.79 Å². The monoisotopic (exact) mass is 349 g/mol. The number of aryl methyl sites for hydroxylation is 1. The van der Waals surface area contributed by atoms with E-state index < -0.39 is 9.58 Å². The summed E-state index contributed by atoms with van der Waals surface area (Å²) in [5.41, 5.74) is 0.761. The van der Waals surface area contributed by atoms with Gasteiger partial charge in [-0.15, -0.1) is 0 Å². The first-order valence-corrected chi connectivity index (χ1v) is 8.15. The number of Topliss-reactive ketones (excluding diaryl/α,β-unsaturated/α-hetero) is 2. The van der Waals surface area contributed by atoms with Gasteiger partial charge >= 0.3 is 0 Å². The van der Waals surface area contributed by atoms with Gasteiger partial charge in [-0.1, -0.05) is 54.6 Å². The highest BCUT2D eigenvalue weighted by atomic mass is 35.6. The fourth-order valence-electron chi connectivity index (χ4n) is 2.83. The first-order valence-electron chi connectivity index (χ1n) is 7.02. The molecule has 21 heavy (non-hydrogen) atoms. The lowest BCUT2D eigenvalue weighted by molar-refractivity contribution is 0.0875. The Hall–Kier alpha value is -0.510. The Balaban J connectivity index is 2.18. The molecule has 6 heteroatoms. The summed E-state index contributed by atoms with van der Waals surface area (Å²) < 4.78 is -0.463. The molecule has 1 heterocycles. The lowest BCUT2D eigenvalue weighted by Gasteiger charge is -2.24. The fraction of sp³-hybridized carbons (Fsp3) is 0.600. The van der Waals surface area contributed by atoms with Gasteiger partial charge in [0.1, 0.15) is 0 Å². The molecule has 0 aliphatic heterocycles. The van der Waals surface area contributed by atoms with E-state index >= 15 is 0 Å². The number of nitrogens with zero attached hydrogens (tertiary/aromatic N) is 1. The normalized spacial score (nSPS) is 23.1. The third-order valence-corrected chi connectivity index (χ3v) is 4.68. The molecule has 0 unspecified atom stereocenters. The van der Waals surface area contributed by atoms with Crippen LogP contribution in [0.1, 0.15) is 53.5 Å². The summed E-state index contributed by atoms with van der Waals surface area (Å²) in [5, 5.41) is 0. The van der Waals surface area contributed by atoms with Gasteiger partial charge in [-0.3, -0.25) is 9.59 Å². The molecular weight excluding hydrogens is 333 g/mol. The minimum absolute atomic E-state index is 0.0410. The number of halogens is 3. The maximum Gasteiger partial charge on any atom is 0.255 e. The molecule has 2 rings (SSSR count). The van der Waals surface area contributed by atoms with Gasteiger partial charge in [-0.25, -0.2) is 0 Å². The number of ketones is 2. The molecule has 1 aromatic heterocycles. The minimum atomic E-state index is -2.01. The first kappa shape index (κ1) is 16.9. The Morgan fingerprint density at radius 3 is 2.29 bits per heavy atom. The van der Waals surface area contributed by atoms with Crippen molar-refractivity contribution in [3.8, 4) is 0 Å². The van der Waals surface area contributed by atoms with E-state index in [1.807, 2.05) is 0 Å². The first-order chi connectivity index (χ1) is 9.70. The van der Waals surface area contributed by atoms with Gasteiger partial charge in [-0.05, 0) is 24.8 Å². The molecule has 0 amide bonds. The van der Waals surface area contributed by atoms with E-state index in [4.69, 9.17) is 34.8 Å². The third kappa shape index (κ3) is 3.82. The van der Waals surface area contributed by atoms with Crippen molar-refractivity contribution in [2.24, 2.45) is 18.9 Å². The number of hydrogen-bond donors (Lipinski definition) is 0. The molecule has 1 aliphatic rings. The molecule has 0 atom stereocenters. The van der Waals surface area contributed by atoms with Gasteiger partial charge in [-0.2, -0.15) is 0 Å². The number of carbonyl (C=O) groups excluding carboxylic acids is 2. The summed E-state index contributed by atoms with van der Waals surface area (Å²) in [5.74, 6) is 0.192. The molecule has 0 aromatic carbocycles. The third-order valence-electron chi connectivity index (χ3n) is 4.17. The van der Waals surface area contributed by atoms with Crippen LogP contribution >= 0.6 is 34.8 Å². The predicted molar refractivity (Wildman–Crippen MR) is 85.5 cm³/mol. The predicted octanol–water partition coefficient (Wildman–Crippen LogP) is 4.59. The van der Waals surface area contributed by atoms with E-state index in [2.05, 4.69) is 6.92 Å². The van der Waals surface area contributed by atoms with Crippen LogP contribution in [0.15, 0.2) is 12.3 Å². The summed E-state index contributed by atoms with van der Waals surface area (Å²) in [6.07, 6.45) is 5.60. The molecule has 0 bridgehead atoms. The summed E-state index contributed by atoms with van der Waals surface area (Å²) in [4.78, 5) is 24.5. The van der Waals surface area contributed by atoms with Crippen LogP contribution in [0.25, 0.3) is 0 Å². The second kappa shape index (κ2) is 6.31. The molecule has 1 aliphatic carbocycles. The number of rotatable bonds is 3. The van der Waals surface area contributed by atoms with Crippen molar-refractivity contribution in [2.75, 3.05) is 0 Å². The highest BCUT2D eigenvalue weighted by Gasteiger charge is 2.34. The van der Waals surface area contributed by atoms with Crippen LogP contribution in [0.2, 0.25) is 0 Å². The van der Waals surface area contributed by atoms with Crippen LogP contribution < -0.4 is 0 Å². The Morgan fingerprint density at radius 1 is 1.19 bits per heavy atom. The molecule has 3 nitrogen and oxygen atoms in total. The molecule has 0 saturated heterocycles. The van der Waals surface area contributed by atoms with E-state index in [9.17, 15) is 9.59 Å². The maximum atomic E-state index is 12.5. The Morgan fingerprint density at radius 2 is 1.76 bits per heavy atom. The van der Waals surface area contributed by atoms with Crippen molar-refractivity contribution in [3.05, 3.63) is 23.5 Å². The van der Waals surface area contributed by atoms with E-state index in [1.165, 1.54) is 6.07 Å². The summed E-state index contributed by atoms with van der Waals surface area (Å²) in [6, 6.07) is 1.53. The van der Waals surface area contributed by atoms with E-state index in [1.54, 1.807) is 17.8 Å². The Kier molecular flexibility index (Phi) is 5.07. The molecular formula is C15H18Cl3NO2. The molecule has 0 N–H and O–H groups in total. The molecule has 1 fully saturated rings. The van der Waals surface area contributed by atoms with Crippen molar-refractivity contribution in [1.82, 2.24) is 4.57 Å². The zero-order valence-corrected chi connectivity index (χ0v) is 14.3. The zero-order valence-electron chi connectivity index (χ0n) is 12.0. The summed E-state index contributed by atoms with van der Waals surface area (Å²) in [7, 11) is 1.67. The standard InChI is InChI=1S/C15H18Cl3NO2/c1-9-3-5-10(6-4-9)13(20)11-7-12(19(2)8-11)14(21)15(16,17)18/h7-10H,3-6H2,1-2H3. The minimum Gasteiger partial charge on any atom is -0.347 e. The Bertz CT molecular complexity index is 552. The average Bonchev–Trinajstić information content (AvgIpc) is 2.79. The number of alkyl halides is 3. The average molecular weight is 351 g/mol. The second-order valence-electron chi connectivity index (χ2n) is 5.87. The topological polar surface area (TPSA) is 39.1 Å². The van der Waals surface area contributed by atoms with Gasteiger partial charge in [0.15, 0.2) is 5.78 Å². The maximum absolute atomic E-state index is 12.5. The van der Waals surface area contributed by atoms with E-state index in [0.29, 0.717) is 11.5 Å². The van der Waals surface area contributed by atoms with Crippen LogP contribution in [0.3, 0.4) is 0 Å². The van der Waals surface area contributed by atoms with Gasteiger partial charge in [0.2, 0.25) is 5.78 Å². The van der Waals surface area contributed by atoms with Crippen molar-refractivity contribution < 1.29 is 9.59 Å². The summed E-state index contributed by atoms with van der Waals surface area (Å²) in [6.45, 7) is 2.21. The van der Waals surface area contributed by atoms with Crippen molar-refractivity contribution in [3.63, 3.8) is 0 Å². The largest absolute Gasteiger partial charge is 0.347 e. The van der Waals surface area contributed by atoms with Gasteiger partial charge < -0.3 is 4.57 Å². The SMILES string of the molecule is CC1CCC(C(=O)c2cc(C(=O)C(Cl)(Cl)Cl)n(C)c2)CC1. The van der Waals surface area contributed by atoms with Crippen LogP contribution in [-0.2, 0) is 7.05 Å². The van der Waals surface area contributed by atoms with Crippen LogP contribution in [0.4, 0.5) is 0 Å². The number of hydrogen-bond acceptors (Lipinski definition) is 2. The summed E-state index contributed by atoms with van der Waals surface area (Å²) >= 11 is 16.9. The number of aromatic nitrogens is 1. The van der Waals surface area contributed by atoms with Gasteiger partial charge in [0, 0.05) is 24.7 Å². The molecule has 1 saturated carbocycles. The molecule has 116 valence electrons. The molecule has 0 spiro atoms. The fourth-order valence-corrected chi connectivity index (χ4v) is 3.12. The lowest BCUT2D eigenvalue weighted by atomic mass is 9.80. The lowest BCUT2D eigenvalue weighted by Crippen LogP contribution is -2.21. The van der Waals surface area contributed by atoms with Crippen LogP contribution in [-0.4, -0.2) is 19.9 Å². The Labute approximate surface area is 139 Å². The quantitative estimate of drug-likeness (QED) is 0.591. The highest BCUT2D eigenvalue weighted by molar-refractivity contribution is 6.77. The molecule has 1 aromatic rings. The second-order valence-corrected chi connectivity index (χ2v) is 8.15. The number of carbonyl (C=O) groups is 2. The molecule has 0 radical (unpaired) electrons. The van der Waals surface area contributed by atoms with E-state index in [-0.39, 0.29) is 17.4 Å². The highest BCUT2D eigenvalue weighted by Crippen LogP contribution is 2.33. The van der Waals surface area contributed by atoms with Crippen molar-refractivity contribution >= 4 is 46.4 Å². The van der Waals surface area contributed by atoms with Crippen molar-refractivity contribution in [1.29, 1.82) is 0 Å². The van der Waals surface area contributed by atoms with Gasteiger partial charge in [0.05, 0.1) is 5.69 Å². The van der Waals surface area contributed by atoms with E-state index in [0.717, 1.165) is 25.7 Å². The van der Waals surface area contributed by atoms with Crippen molar-refractivity contribution in [2.45, 2.75) is 36.4 Å². The van der Waals surface area contributed by atoms with Crippen LogP contribution in [0.5, 0.6) is 0 Å². The van der Waals surface area contributed by atoms with Crippen LogP contribution in [0, 0.1) is 11.8 Å².